The number of pyridine rings is 1. The summed E-state index contributed by atoms with van der Waals surface area (Å²) in [6, 6.07) is 92.6. The molecule has 0 aliphatic rings. The Labute approximate surface area is 415 Å². The highest BCUT2D eigenvalue weighted by atomic mass is 15.0. The number of hydrogen-bond acceptors (Lipinski definition) is 1. The van der Waals surface area contributed by atoms with Crippen molar-refractivity contribution in [3.05, 3.63) is 261 Å². The standard InChI is InChI=1S/C67H43N5/c1-4-16-44(17-5-1)66-67(69-39-15-14-26-65(69)68-66)45-27-33-52(34-28-45)72-63-37-31-48(46-29-35-61-55(40-46)53-22-10-12-24-59(53)70(61)50-18-6-2-7-19-50)42-57(63)58-43-49(32-38-64(58)72)47-30-36-62-56(41-47)54-23-11-13-25-60(54)71(62)51-20-8-3-9-21-51/h1-43H. The number of nitrogens with zero attached hydrogens (tertiary/aromatic N) is 5. The maximum Gasteiger partial charge on any atom is 0.137 e. The van der Waals surface area contributed by atoms with E-state index in [4.69, 9.17) is 4.98 Å². The topological polar surface area (TPSA) is 32.1 Å². The van der Waals surface area contributed by atoms with Crippen molar-refractivity contribution < 1.29 is 0 Å². The summed E-state index contributed by atoms with van der Waals surface area (Å²) in [4.78, 5) is 5.13. The zero-order valence-corrected chi connectivity index (χ0v) is 39.1. The first-order chi connectivity index (χ1) is 35.7. The van der Waals surface area contributed by atoms with Gasteiger partial charge in [-0.3, -0.25) is 4.40 Å². The van der Waals surface area contributed by atoms with Gasteiger partial charge >= 0.3 is 0 Å². The Hall–Kier alpha value is -9.71. The third kappa shape index (κ3) is 6.17. The smallest absolute Gasteiger partial charge is 0.137 e. The molecule has 0 amide bonds. The van der Waals surface area contributed by atoms with Gasteiger partial charge in [-0.1, -0.05) is 146 Å². The Morgan fingerprint density at radius 1 is 0.250 bits per heavy atom. The molecule has 0 spiro atoms. The van der Waals surface area contributed by atoms with Crippen LogP contribution in [0.3, 0.4) is 0 Å². The van der Waals surface area contributed by atoms with Gasteiger partial charge in [0.15, 0.2) is 0 Å². The summed E-state index contributed by atoms with van der Waals surface area (Å²) in [5.41, 5.74) is 20.4. The van der Waals surface area contributed by atoms with Gasteiger partial charge in [-0.05, 0) is 131 Å². The monoisotopic (exact) mass is 917 g/mol. The average molecular weight is 918 g/mol. The van der Waals surface area contributed by atoms with Crippen molar-refractivity contribution in [2.24, 2.45) is 0 Å². The number of fused-ring (bicyclic) bond motifs is 10. The lowest BCUT2D eigenvalue weighted by Gasteiger charge is -2.11. The largest absolute Gasteiger partial charge is 0.309 e. The van der Waals surface area contributed by atoms with E-state index < -0.39 is 0 Å². The summed E-state index contributed by atoms with van der Waals surface area (Å²) in [5.74, 6) is 0. The molecule has 10 aromatic carbocycles. The lowest BCUT2D eigenvalue weighted by atomic mass is 9.98. The summed E-state index contributed by atoms with van der Waals surface area (Å²) < 4.78 is 9.40. The average Bonchev–Trinajstić information content (AvgIpc) is 4.20. The molecule has 15 aromatic rings. The van der Waals surface area contributed by atoms with E-state index in [2.05, 4.69) is 279 Å². The summed E-state index contributed by atoms with van der Waals surface area (Å²) in [6.45, 7) is 0. The lowest BCUT2D eigenvalue weighted by Crippen LogP contribution is -1.95. The van der Waals surface area contributed by atoms with E-state index in [1.54, 1.807) is 0 Å². The van der Waals surface area contributed by atoms with Crippen molar-refractivity contribution in [1.82, 2.24) is 23.1 Å². The molecular weight excluding hydrogens is 875 g/mol. The van der Waals surface area contributed by atoms with Crippen molar-refractivity contribution in [3.63, 3.8) is 0 Å². The summed E-state index contributed by atoms with van der Waals surface area (Å²) in [7, 11) is 0. The van der Waals surface area contributed by atoms with E-state index >= 15 is 0 Å². The molecule has 5 heteroatoms. The second-order valence-corrected chi connectivity index (χ2v) is 18.8. The molecule has 72 heavy (non-hydrogen) atoms. The SMILES string of the molecule is c1ccc(-c2nc3ccccn3c2-c2ccc(-n3c4ccc(-c5ccc6c(c5)c5ccccc5n6-c5ccccc5)cc4c4cc(-c5ccc6c(c5)c5ccccc5n6-c5ccccc5)ccc43)cc2)cc1. The van der Waals surface area contributed by atoms with Gasteiger partial charge in [-0.25, -0.2) is 4.98 Å². The van der Waals surface area contributed by atoms with Crippen LogP contribution in [0.4, 0.5) is 0 Å². The maximum atomic E-state index is 5.13. The molecule has 0 aliphatic carbocycles. The van der Waals surface area contributed by atoms with Crippen LogP contribution < -0.4 is 0 Å². The Morgan fingerprint density at radius 2 is 0.611 bits per heavy atom. The minimum Gasteiger partial charge on any atom is -0.309 e. The minimum atomic E-state index is 0.923. The van der Waals surface area contributed by atoms with Gasteiger partial charge < -0.3 is 13.7 Å². The number of para-hydroxylation sites is 4. The molecule has 5 nitrogen and oxygen atoms in total. The third-order valence-electron chi connectivity index (χ3n) is 14.8. The minimum absolute atomic E-state index is 0.923. The van der Waals surface area contributed by atoms with Crippen molar-refractivity contribution in [1.29, 1.82) is 0 Å². The highest BCUT2D eigenvalue weighted by Gasteiger charge is 2.20. The molecule has 0 saturated carbocycles. The van der Waals surface area contributed by atoms with Gasteiger partial charge in [0, 0.05) is 66.7 Å². The van der Waals surface area contributed by atoms with Crippen molar-refractivity contribution >= 4 is 71.1 Å². The number of aromatic nitrogens is 5. The molecular formula is C67H43N5. The van der Waals surface area contributed by atoms with E-state index in [0.29, 0.717) is 0 Å². The zero-order valence-electron chi connectivity index (χ0n) is 39.1. The molecule has 5 aromatic heterocycles. The third-order valence-corrected chi connectivity index (χ3v) is 14.8. The van der Waals surface area contributed by atoms with Crippen LogP contribution >= 0.6 is 0 Å². The van der Waals surface area contributed by atoms with Crippen LogP contribution in [0.25, 0.3) is 133 Å². The maximum absolute atomic E-state index is 5.13. The predicted molar refractivity (Wildman–Crippen MR) is 300 cm³/mol. The summed E-state index contributed by atoms with van der Waals surface area (Å²) >= 11 is 0. The molecule has 336 valence electrons. The molecule has 0 bridgehead atoms. The number of rotatable bonds is 7. The molecule has 0 N–H and O–H groups in total. The van der Waals surface area contributed by atoms with Crippen molar-refractivity contribution in [2.75, 3.05) is 0 Å². The van der Waals surface area contributed by atoms with Crippen LogP contribution in [0.15, 0.2) is 261 Å². The molecule has 0 radical (unpaired) electrons. The molecule has 0 aliphatic heterocycles. The fraction of sp³-hybridized carbons (Fsp3) is 0. The Kier molecular flexibility index (Phi) is 8.89. The number of benzene rings is 10. The van der Waals surface area contributed by atoms with E-state index in [1.165, 1.54) is 76.6 Å². The predicted octanol–water partition coefficient (Wildman–Crippen LogP) is 17.3. The first-order valence-corrected chi connectivity index (χ1v) is 24.6. The van der Waals surface area contributed by atoms with E-state index in [9.17, 15) is 0 Å². The van der Waals surface area contributed by atoms with Gasteiger partial charge in [0.2, 0.25) is 0 Å². The Bertz CT molecular complexity index is 4380. The van der Waals surface area contributed by atoms with Crippen LogP contribution in [-0.4, -0.2) is 23.1 Å². The molecule has 0 atom stereocenters. The molecule has 15 rings (SSSR count). The van der Waals surface area contributed by atoms with E-state index in [-0.39, 0.29) is 0 Å². The van der Waals surface area contributed by atoms with Gasteiger partial charge in [0.1, 0.15) is 5.65 Å². The Morgan fingerprint density at radius 3 is 1.08 bits per heavy atom. The fourth-order valence-electron chi connectivity index (χ4n) is 11.5. The second-order valence-electron chi connectivity index (χ2n) is 18.8. The van der Waals surface area contributed by atoms with E-state index in [1.807, 2.05) is 0 Å². The van der Waals surface area contributed by atoms with Gasteiger partial charge in [-0.2, -0.15) is 0 Å². The van der Waals surface area contributed by atoms with Crippen LogP contribution in [-0.2, 0) is 0 Å². The van der Waals surface area contributed by atoms with Crippen LogP contribution in [0.2, 0.25) is 0 Å². The quantitative estimate of drug-likeness (QED) is 0.157. The summed E-state index contributed by atoms with van der Waals surface area (Å²) in [5, 5.41) is 7.37. The van der Waals surface area contributed by atoms with Gasteiger partial charge in [0.25, 0.3) is 0 Å². The molecule has 0 saturated heterocycles. The molecule has 0 fully saturated rings. The zero-order chi connectivity index (χ0) is 47.3. The fourth-order valence-corrected chi connectivity index (χ4v) is 11.5. The first kappa shape index (κ1) is 40.2. The second kappa shape index (κ2) is 15.9. The van der Waals surface area contributed by atoms with Crippen LogP contribution in [0.5, 0.6) is 0 Å². The lowest BCUT2D eigenvalue weighted by molar-refractivity contribution is 1.17. The van der Waals surface area contributed by atoms with Gasteiger partial charge in [0.05, 0.1) is 44.5 Å². The van der Waals surface area contributed by atoms with Crippen molar-refractivity contribution in [3.8, 4) is 61.8 Å². The van der Waals surface area contributed by atoms with E-state index in [0.717, 1.165) is 56.3 Å². The molecule has 5 heterocycles. The van der Waals surface area contributed by atoms with Crippen LogP contribution in [0, 0.1) is 0 Å². The first-order valence-electron chi connectivity index (χ1n) is 24.6. The van der Waals surface area contributed by atoms with Gasteiger partial charge in [-0.15, -0.1) is 0 Å². The summed E-state index contributed by atoms with van der Waals surface area (Å²) in [6.07, 6.45) is 2.11. The molecule has 0 unspecified atom stereocenters. The highest BCUT2D eigenvalue weighted by molar-refractivity contribution is 6.14. The highest BCUT2D eigenvalue weighted by Crippen LogP contribution is 2.42. The van der Waals surface area contributed by atoms with Crippen LogP contribution in [0.1, 0.15) is 0 Å². The number of imidazole rings is 1. The van der Waals surface area contributed by atoms with Crippen molar-refractivity contribution in [2.45, 2.75) is 0 Å². The number of hydrogen-bond donors (Lipinski definition) is 0. The normalized spacial score (nSPS) is 11.9. The Balaban J connectivity index is 0.915.